The van der Waals surface area contributed by atoms with Crippen LogP contribution in [0.5, 0.6) is 11.5 Å². The normalized spacial score (nSPS) is 15.0. The molecule has 0 aliphatic heterocycles. The minimum absolute atomic E-state index is 0.0342. The molecule has 0 unspecified atom stereocenters. The Hall–Kier alpha value is -3.60. The van der Waals surface area contributed by atoms with Gasteiger partial charge in [0, 0.05) is 25.2 Å². The van der Waals surface area contributed by atoms with Crippen molar-refractivity contribution in [2.45, 2.75) is 77.7 Å². The Labute approximate surface area is 267 Å². The van der Waals surface area contributed by atoms with Crippen molar-refractivity contribution >= 4 is 21.8 Å². The van der Waals surface area contributed by atoms with Crippen LogP contribution in [-0.4, -0.2) is 55.6 Å². The molecule has 1 radical (unpaired) electrons. The van der Waals surface area contributed by atoms with Gasteiger partial charge in [-0.25, -0.2) is 13.2 Å². The minimum Gasteiger partial charge on any atom is -0.491 e. The maximum absolute atomic E-state index is 13.2. The van der Waals surface area contributed by atoms with Crippen molar-refractivity contribution in [1.29, 1.82) is 0 Å². The van der Waals surface area contributed by atoms with Crippen molar-refractivity contribution in [1.82, 2.24) is 4.90 Å². The highest BCUT2D eigenvalue weighted by Crippen LogP contribution is 2.36. The Bertz CT molecular complexity index is 1470. The lowest BCUT2D eigenvalue weighted by atomic mass is 9.93. The van der Waals surface area contributed by atoms with E-state index in [4.69, 9.17) is 14.2 Å². The fourth-order valence-electron chi connectivity index (χ4n) is 5.20. The van der Waals surface area contributed by atoms with Crippen molar-refractivity contribution < 1.29 is 32.5 Å². The van der Waals surface area contributed by atoms with E-state index in [0.29, 0.717) is 17.4 Å². The molecular formula is C35H45N2O7S. The highest BCUT2D eigenvalue weighted by atomic mass is 32.2. The maximum Gasteiger partial charge on any atom is 0.429 e. The second-order valence-electron chi connectivity index (χ2n) is 12.4. The van der Waals surface area contributed by atoms with Gasteiger partial charge >= 0.3 is 6.09 Å². The molecule has 1 amide bonds. The lowest BCUT2D eigenvalue weighted by molar-refractivity contribution is 0.0604. The van der Waals surface area contributed by atoms with Gasteiger partial charge in [-0.05, 0) is 56.9 Å². The molecule has 10 heteroatoms. The topological polar surface area (TPSA) is 106 Å². The number of carbonyl (C=O) groups is 1. The number of nitrogens with zero attached hydrogens (tertiary/aromatic N) is 2. The van der Waals surface area contributed by atoms with Crippen molar-refractivity contribution in [3.8, 4) is 11.5 Å². The van der Waals surface area contributed by atoms with E-state index in [2.05, 4.69) is 17.0 Å². The Morgan fingerprint density at radius 1 is 0.889 bits per heavy atom. The first-order chi connectivity index (χ1) is 21.4. The number of ether oxygens (including phenoxy) is 3. The Morgan fingerprint density at radius 2 is 1.51 bits per heavy atom. The summed E-state index contributed by atoms with van der Waals surface area (Å²) in [5, 5.41) is 11.1. The summed E-state index contributed by atoms with van der Waals surface area (Å²) in [5.41, 5.74) is 1.05. The number of benzene rings is 3. The van der Waals surface area contributed by atoms with Gasteiger partial charge in [0.25, 0.3) is 0 Å². The van der Waals surface area contributed by atoms with Gasteiger partial charge in [0.05, 0.1) is 6.26 Å². The Kier molecular flexibility index (Phi) is 11.9. The predicted octanol–water partition coefficient (Wildman–Crippen LogP) is 6.70. The quantitative estimate of drug-likeness (QED) is 0.221. The number of aliphatic hydroxyl groups is 1. The van der Waals surface area contributed by atoms with E-state index in [0.717, 1.165) is 37.5 Å². The SMILES string of the molecule is CC(C)(C)OC(=O)N(c1cc(OC[C@@H](O)CN(Cc2ccccc2)[C]2CCCCC2)ccc1OCc1ccccc1)S(C)(=O)=O. The van der Waals surface area contributed by atoms with E-state index in [9.17, 15) is 18.3 Å². The van der Waals surface area contributed by atoms with E-state index < -0.39 is 27.8 Å². The molecule has 0 saturated heterocycles. The number of aliphatic hydroxyl groups excluding tert-OH is 1. The van der Waals surface area contributed by atoms with Crippen LogP contribution in [0.25, 0.3) is 0 Å². The van der Waals surface area contributed by atoms with Crippen molar-refractivity contribution in [3.05, 3.63) is 96.0 Å². The maximum atomic E-state index is 13.2. The zero-order valence-electron chi connectivity index (χ0n) is 26.6. The van der Waals surface area contributed by atoms with Crippen LogP contribution in [0.1, 0.15) is 64.0 Å². The van der Waals surface area contributed by atoms with Gasteiger partial charge in [-0.1, -0.05) is 79.9 Å². The molecule has 0 heterocycles. The van der Waals surface area contributed by atoms with Crippen LogP contribution in [0.15, 0.2) is 78.9 Å². The number of sulfonamides is 1. The fraction of sp³-hybridized carbons (Fsp3) is 0.429. The zero-order chi connectivity index (χ0) is 32.5. The van der Waals surface area contributed by atoms with E-state index in [-0.39, 0.29) is 30.4 Å². The molecule has 45 heavy (non-hydrogen) atoms. The van der Waals surface area contributed by atoms with Crippen LogP contribution in [0.3, 0.4) is 0 Å². The average Bonchev–Trinajstić information content (AvgIpc) is 2.99. The standard InChI is InChI=1S/C35H45N2O7S/c1-35(2,3)44-34(39)37(45(4,40)41)32-22-31(20-21-33(32)43-25-28-16-10-6-11-17-28)42-26-30(38)24-36(29-18-12-7-13-19-29)23-27-14-8-5-9-15-27/h5-6,8-11,14-17,20-22,30,38H,7,12-13,18-19,23-26H2,1-4H3/t30-/m0/s1. The lowest BCUT2D eigenvalue weighted by Crippen LogP contribution is -2.40. The third-order valence-corrected chi connectivity index (χ3v) is 8.25. The van der Waals surface area contributed by atoms with Crippen LogP contribution < -0.4 is 13.8 Å². The average molecular weight is 638 g/mol. The summed E-state index contributed by atoms with van der Waals surface area (Å²) in [4.78, 5) is 15.5. The smallest absolute Gasteiger partial charge is 0.429 e. The number of rotatable bonds is 13. The summed E-state index contributed by atoms with van der Waals surface area (Å²) >= 11 is 0. The molecule has 1 N–H and O–H groups in total. The van der Waals surface area contributed by atoms with Gasteiger partial charge in [0.2, 0.25) is 10.0 Å². The lowest BCUT2D eigenvalue weighted by Gasteiger charge is -2.35. The number of carbonyl (C=O) groups excluding carboxylic acids is 1. The first-order valence-corrected chi connectivity index (χ1v) is 17.2. The van der Waals surface area contributed by atoms with Crippen LogP contribution in [0.4, 0.5) is 10.5 Å². The van der Waals surface area contributed by atoms with Gasteiger partial charge in [0.1, 0.15) is 42.1 Å². The molecule has 9 nitrogen and oxygen atoms in total. The first kappa shape index (κ1) is 34.3. The number of anilines is 1. The molecule has 1 saturated carbocycles. The van der Waals surface area contributed by atoms with Gasteiger partial charge in [-0.3, -0.25) is 4.90 Å². The summed E-state index contributed by atoms with van der Waals surface area (Å²) in [6.45, 7) is 6.18. The minimum atomic E-state index is -4.14. The fourth-order valence-corrected chi connectivity index (χ4v) is 6.01. The molecule has 1 aliphatic carbocycles. The molecule has 3 aromatic rings. The zero-order valence-corrected chi connectivity index (χ0v) is 27.5. The largest absolute Gasteiger partial charge is 0.491 e. The summed E-state index contributed by atoms with van der Waals surface area (Å²) in [6, 6.07) is 25.5. The molecular weight excluding hydrogens is 592 g/mol. The van der Waals surface area contributed by atoms with Crippen LogP contribution in [0.2, 0.25) is 0 Å². The Morgan fingerprint density at radius 3 is 2.11 bits per heavy atom. The number of hydrogen-bond donors (Lipinski definition) is 1. The molecule has 1 fully saturated rings. The van der Waals surface area contributed by atoms with Crippen molar-refractivity contribution in [3.63, 3.8) is 0 Å². The number of amides is 1. The molecule has 0 bridgehead atoms. The third kappa shape index (κ3) is 10.8. The van der Waals surface area contributed by atoms with E-state index in [1.807, 2.05) is 48.5 Å². The predicted molar refractivity (Wildman–Crippen MR) is 175 cm³/mol. The van der Waals surface area contributed by atoms with Crippen molar-refractivity contribution in [2.75, 3.05) is 23.7 Å². The van der Waals surface area contributed by atoms with Crippen LogP contribution in [0, 0.1) is 6.04 Å². The second-order valence-corrected chi connectivity index (χ2v) is 14.2. The number of hydrogen-bond acceptors (Lipinski definition) is 8. The highest BCUT2D eigenvalue weighted by molar-refractivity contribution is 7.92. The van der Waals surface area contributed by atoms with Gasteiger partial charge in [-0.15, -0.1) is 0 Å². The van der Waals surface area contributed by atoms with E-state index in [1.165, 1.54) is 24.1 Å². The summed E-state index contributed by atoms with van der Waals surface area (Å²) in [5.74, 6) is 0.430. The summed E-state index contributed by atoms with van der Waals surface area (Å²) in [6.07, 6.45) is 4.58. The third-order valence-electron chi connectivity index (χ3n) is 7.25. The van der Waals surface area contributed by atoms with Gasteiger partial charge in [-0.2, -0.15) is 4.31 Å². The van der Waals surface area contributed by atoms with Gasteiger partial charge in [0.15, 0.2) is 0 Å². The van der Waals surface area contributed by atoms with Gasteiger partial charge < -0.3 is 19.3 Å². The van der Waals surface area contributed by atoms with E-state index in [1.54, 1.807) is 32.9 Å². The van der Waals surface area contributed by atoms with Crippen molar-refractivity contribution in [2.24, 2.45) is 0 Å². The molecule has 0 aromatic heterocycles. The molecule has 1 aliphatic rings. The monoisotopic (exact) mass is 637 g/mol. The summed E-state index contributed by atoms with van der Waals surface area (Å²) in [7, 11) is -4.14. The molecule has 243 valence electrons. The molecule has 1 atom stereocenters. The summed E-state index contributed by atoms with van der Waals surface area (Å²) < 4.78 is 44.0. The van der Waals surface area contributed by atoms with Crippen LogP contribution in [-0.2, 0) is 27.9 Å². The Balaban J connectivity index is 1.54. The highest BCUT2D eigenvalue weighted by Gasteiger charge is 2.33. The molecule has 3 aromatic carbocycles. The molecule has 0 spiro atoms. The molecule has 4 rings (SSSR count). The van der Waals surface area contributed by atoms with Crippen LogP contribution >= 0.6 is 0 Å². The van der Waals surface area contributed by atoms with E-state index >= 15 is 0 Å². The second kappa shape index (κ2) is 15.6. The first-order valence-electron chi connectivity index (χ1n) is 15.4.